The lowest BCUT2D eigenvalue weighted by molar-refractivity contribution is -0.134. The fourth-order valence-corrected chi connectivity index (χ4v) is 3.16. The fraction of sp³-hybridized carbons (Fsp3) is 0.346. The Kier molecular flexibility index (Phi) is 7.87. The van der Waals surface area contributed by atoms with Gasteiger partial charge in [0.1, 0.15) is 22.6 Å². The molecular weight excluding hydrogens is 422 g/mol. The molecule has 1 heterocycles. The number of esters is 1. The van der Waals surface area contributed by atoms with Crippen molar-refractivity contribution in [2.75, 3.05) is 6.61 Å². The fourth-order valence-electron chi connectivity index (χ4n) is 3.16. The summed E-state index contributed by atoms with van der Waals surface area (Å²) >= 11 is 0. The number of carbonyl (C=O) groups excluding carboxylic acids is 2. The van der Waals surface area contributed by atoms with E-state index in [0.717, 1.165) is 23.3 Å². The molecule has 0 aliphatic carbocycles. The number of hydrogen-bond acceptors (Lipinski definition) is 6. The molecule has 0 fully saturated rings. The highest BCUT2D eigenvalue weighted by molar-refractivity contribution is 5.97. The van der Waals surface area contributed by atoms with E-state index in [2.05, 4.69) is 5.32 Å². The minimum absolute atomic E-state index is 0.0550. The van der Waals surface area contributed by atoms with E-state index >= 15 is 0 Å². The molecule has 0 saturated heterocycles. The van der Waals surface area contributed by atoms with Crippen molar-refractivity contribution in [3.63, 3.8) is 0 Å². The first-order valence-electron chi connectivity index (χ1n) is 11.1. The molecule has 1 N–H and O–H groups in total. The normalized spacial score (nSPS) is 11.8. The van der Waals surface area contributed by atoms with Crippen molar-refractivity contribution in [2.24, 2.45) is 0 Å². The summed E-state index contributed by atoms with van der Waals surface area (Å²) in [5.74, 6) is 0.192. The van der Waals surface area contributed by atoms with Crippen LogP contribution in [0.1, 0.15) is 54.6 Å². The van der Waals surface area contributed by atoms with Crippen molar-refractivity contribution in [3.05, 3.63) is 69.6 Å². The number of hydrogen-bond donors (Lipinski definition) is 1. The van der Waals surface area contributed by atoms with Crippen molar-refractivity contribution in [3.8, 4) is 11.5 Å². The molecule has 2 aromatic carbocycles. The maximum absolute atomic E-state index is 12.3. The Labute approximate surface area is 192 Å². The Morgan fingerprint density at radius 1 is 1.09 bits per heavy atom. The van der Waals surface area contributed by atoms with Gasteiger partial charge in [-0.25, -0.2) is 4.79 Å². The van der Waals surface area contributed by atoms with Gasteiger partial charge < -0.3 is 19.2 Å². The molecule has 0 bridgehead atoms. The number of aryl methyl sites for hydroxylation is 2. The minimum atomic E-state index is -0.740. The monoisotopic (exact) mass is 451 g/mol. The highest BCUT2D eigenvalue weighted by atomic mass is 16.5. The molecule has 3 rings (SSSR count). The number of amides is 1. The predicted octanol–water partition coefficient (Wildman–Crippen LogP) is 4.70. The second kappa shape index (κ2) is 10.8. The van der Waals surface area contributed by atoms with Crippen LogP contribution in [0.4, 0.5) is 0 Å². The summed E-state index contributed by atoms with van der Waals surface area (Å²) < 4.78 is 16.4. The molecule has 0 spiro atoms. The van der Waals surface area contributed by atoms with E-state index in [9.17, 15) is 14.4 Å². The average Bonchev–Trinajstić information content (AvgIpc) is 2.78. The average molecular weight is 452 g/mol. The van der Waals surface area contributed by atoms with Gasteiger partial charge in [0.05, 0.1) is 6.61 Å². The lowest BCUT2D eigenvalue weighted by Gasteiger charge is -2.11. The standard InChI is InChI=1S/C26H29NO6/c1-5-18(4)27-25(29)21-14-19-10-11-20(15-23(19)33-26(21)30)32-24(28)7-6-12-31-22-13-16(2)8-9-17(22)3/h8-11,13-15,18H,5-7,12H2,1-4H3,(H,27,29). The van der Waals surface area contributed by atoms with Crippen molar-refractivity contribution in [1.29, 1.82) is 0 Å². The molecule has 174 valence electrons. The molecule has 0 aliphatic heterocycles. The van der Waals surface area contributed by atoms with Crippen LogP contribution in [0.2, 0.25) is 0 Å². The highest BCUT2D eigenvalue weighted by Gasteiger charge is 2.16. The number of benzene rings is 2. The molecule has 0 aliphatic rings. The van der Waals surface area contributed by atoms with Crippen LogP contribution in [-0.2, 0) is 4.79 Å². The van der Waals surface area contributed by atoms with Crippen LogP contribution in [0.25, 0.3) is 11.0 Å². The largest absolute Gasteiger partial charge is 0.493 e. The molecule has 1 unspecified atom stereocenters. The van der Waals surface area contributed by atoms with Crippen LogP contribution >= 0.6 is 0 Å². The van der Waals surface area contributed by atoms with Crippen LogP contribution in [0.5, 0.6) is 11.5 Å². The van der Waals surface area contributed by atoms with Crippen LogP contribution in [0, 0.1) is 13.8 Å². The molecule has 7 heteroatoms. The SMILES string of the molecule is CCC(C)NC(=O)c1cc2ccc(OC(=O)CCCOc3cc(C)ccc3C)cc2oc1=O. The van der Waals surface area contributed by atoms with Crippen LogP contribution < -0.4 is 20.4 Å². The molecule has 33 heavy (non-hydrogen) atoms. The molecular formula is C26H29NO6. The summed E-state index contributed by atoms with van der Waals surface area (Å²) in [5.41, 5.74) is 1.60. The van der Waals surface area contributed by atoms with Gasteiger partial charge in [0.25, 0.3) is 5.91 Å². The molecule has 1 aromatic heterocycles. The number of carbonyl (C=O) groups is 2. The molecule has 1 amide bonds. The van der Waals surface area contributed by atoms with Crippen molar-refractivity contribution < 1.29 is 23.5 Å². The Morgan fingerprint density at radius 3 is 2.64 bits per heavy atom. The second-order valence-corrected chi connectivity index (χ2v) is 8.12. The van der Waals surface area contributed by atoms with E-state index in [1.165, 1.54) is 12.1 Å². The zero-order valence-electron chi connectivity index (χ0n) is 19.4. The molecule has 0 radical (unpaired) electrons. The van der Waals surface area contributed by atoms with Gasteiger partial charge in [-0.2, -0.15) is 0 Å². The number of fused-ring (bicyclic) bond motifs is 1. The van der Waals surface area contributed by atoms with Gasteiger partial charge in [-0.05, 0) is 69.0 Å². The quantitative estimate of drug-likeness (QED) is 0.219. The zero-order chi connectivity index (χ0) is 24.0. The Bertz CT molecular complexity index is 1210. The van der Waals surface area contributed by atoms with Crippen LogP contribution in [0.3, 0.4) is 0 Å². The third-order valence-corrected chi connectivity index (χ3v) is 5.30. The van der Waals surface area contributed by atoms with E-state index in [1.54, 1.807) is 12.1 Å². The first-order chi connectivity index (χ1) is 15.8. The molecule has 3 aromatic rings. The first-order valence-corrected chi connectivity index (χ1v) is 11.1. The van der Waals surface area contributed by atoms with Gasteiger partial charge in [0, 0.05) is 23.9 Å². The van der Waals surface area contributed by atoms with Gasteiger partial charge in [0.2, 0.25) is 0 Å². The van der Waals surface area contributed by atoms with Crippen molar-refractivity contribution in [1.82, 2.24) is 5.32 Å². The summed E-state index contributed by atoms with van der Waals surface area (Å²) in [6.45, 7) is 8.17. The third-order valence-electron chi connectivity index (χ3n) is 5.30. The number of rotatable bonds is 9. The Morgan fingerprint density at radius 2 is 1.88 bits per heavy atom. The smallest absolute Gasteiger partial charge is 0.349 e. The maximum atomic E-state index is 12.3. The van der Waals surface area contributed by atoms with Crippen LogP contribution in [-0.4, -0.2) is 24.5 Å². The van der Waals surface area contributed by atoms with Gasteiger partial charge in [-0.1, -0.05) is 19.1 Å². The highest BCUT2D eigenvalue weighted by Crippen LogP contribution is 2.22. The van der Waals surface area contributed by atoms with E-state index < -0.39 is 17.5 Å². The predicted molar refractivity (Wildman–Crippen MR) is 126 cm³/mol. The van der Waals surface area contributed by atoms with E-state index in [0.29, 0.717) is 18.4 Å². The topological polar surface area (TPSA) is 94.8 Å². The Balaban J connectivity index is 1.58. The number of nitrogens with one attached hydrogen (secondary N) is 1. The van der Waals surface area contributed by atoms with E-state index in [4.69, 9.17) is 13.9 Å². The first kappa shape index (κ1) is 24.0. The van der Waals surface area contributed by atoms with E-state index in [-0.39, 0.29) is 29.4 Å². The van der Waals surface area contributed by atoms with Gasteiger partial charge in [-0.15, -0.1) is 0 Å². The summed E-state index contributed by atoms with van der Waals surface area (Å²) in [5, 5.41) is 3.31. The molecule has 7 nitrogen and oxygen atoms in total. The summed E-state index contributed by atoms with van der Waals surface area (Å²) in [4.78, 5) is 36.8. The zero-order valence-corrected chi connectivity index (χ0v) is 19.4. The van der Waals surface area contributed by atoms with Gasteiger partial charge >= 0.3 is 11.6 Å². The summed E-state index contributed by atoms with van der Waals surface area (Å²) in [7, 11) is 0. The van der Waals surface area contributed by atoms with E-state index in [1.807, 2.05) is 45.9 Å². The van der Waals surface area contributed by atoms with Crippen LogP contribution in [0.15, 0.2) is 51.7 Å². The maximum Gasteiger partial charge on any atom is 0.349 e. The van der Waals surface area contributed by atoms with Gasteiger partial charge in [-0.3, -0.25) is 9.59 Å². The molecule has 1 atom stereocenters. The lowest BCUT2D eigenvalue weighted by atomic mass is 10.1. The number of ether oxygens (including phenoxy) is 2. The van der Waals surface area contributed by atoms with Crippen molar-refractivity contribution in [2.45, 2.75) is 53.0 Å². The van der Waals surface area contributed by atoms with Gasteiger partial charge in [0.15, 0.2) is 0 Å². The molecule has 0 saturated carbocycles. The second-order valence-electron chi connectivity index (χ2n) is 8.12. The lowest BCUT2D eigenvalue weighted by Crippen LogP contribution is -2.34. The Hall–Kier alpha value is -3.61. The summed E-state index contributed by atoms with van der Waals surface area (Å²) in [6.07, 6.45) is 1.43. The third kappa shape index (κ3) is 6.44. The van der Waals surface area contributed by atoms with Crippen molar-refractivity contribution >= 4 is 22.8 Å². The minimum Gasteiger partial charge on any atom is -0.493 e. The summed E-state index contributed by atoms with van der Waals surface area (Å²) in [6, 6.07) is 12.1.